The van der Waals surface area contributed by atoms with Gasteiger partial charge in [0, 0.05) is 25.7 Å². The standard InChI is InChI=1S/C12H21N5/c1-2-14-10-9-11(16-12(13)15-10)17-7-5-3-4-6-8-17/h9H,2-8H2,1H3,(H3,13,14,15,16). The number of nitrogens with one attached hydrogen (secondary N) is 1. The third-order valence-electron chi connectivity index (χ3n) is 3.02. The molecule has 94 valence electrons. The number of nitrogen functional groups attached to an aromatic ring is 1. The number of nitrogens with two attached hydrogens (primary N) is 1. The highest BCUT2D eigenvalue weighted by Crippen LogP contribution is 2.20. The summed E-state index contributed by atoms with van der Waals surface area (Å²) in [6.45, 7) is 5.03. The van der Waals surface area contributed by atoms with Crippen LogP contribution in [0.5, 0.6) is 0 Å². The molecular weight excluding hydrogens is 214 g/mol. The number of aromatic nitrogens is 2. The average Bonchev–Trinajstić information content (AvgIpc) is 2.57. The molecule has 0 saturated carbocycles. The first kappa shape index (κ1) is 12.0. The van der Waals surface area contributed by atoms with Crippen LogP contribution in [-0.2, 0) is 0 Å². The molecule has 2 heterocycles. The van der Waals surface area contributed by atoms with Crippen LogP contribution in [-0.4, -0.2) is 29.6 Å². The fourth-order valence-corrected chi connectivity index (χ4v) is 2.19. The second-order valence-electron chi connectivity index (χ2n) is 4.40. The van der Waals surface area contributed by atoms with Crippen molar-refractivity contribution >= 4 is 17.6 Å². The molecule has 17 heavy (non-hydrogen) atoms. The summed E-state index contributed by atoms with van der Waals surface area (Å²) in [5, 5.41) is 3.19. The molecule has 1 fully saturated rings. The van der Waals surface area contributed by atoms with Gasteiger partial charge >= 0.3 is 0 Å². The number of rotatable bonds is 3. The van der Waals surface area contributed by atoms with Crippen molar-refractivity contribution in [2.24, 2.45) is 0 Å². The third-order valence-corrected chi connectivity index (χ3v) is 3.02. The normalized spacial score (nSPS) is 16.6. The molecule has 0 amide bonds. The van der Waals surface area contributed by atoms with Gasteiger partial charge in [0.05, 0.1) is 0 Å². The topological polar surface area (TPSA) is 67.1 Å². The minimum atomic E-state index is 0.350. The second kappa shape index (κ2) is 5.70. The van der Waals surface area contributed by atoms with E-state index < -0.39 is 0 Å². The van der Waals surface area contributed by atoms with Crippen LogP contribution < -0.4 is 16.0 Å². The summed E-state index contributed by atoms with van der Waals surface area (Å²) in [5.41, 5.74) is 5.75. The molecule has 1 aliphatic heterocycles. The number of hydrogen-bond acceptors (Lipinski definition) is 5. The summed E-state index contributed by atoms with van der Waals surface area (Å²) in [7, 11) is 0. The Morgan fingerprint density at radius 3 is 2.59 bits per heavy atom. The summed E-state index contributed by atoms with van der Waals surface area (Å²) < 4.78 is 0. The van der Waals surface area contributed by atoms with Gasteiger partial charge in [-0.15, -0.1) is 0 Å². The minimum Gasteiger partial charge on any atom is -0.370 e. The van der Waals surface area contributed by atoms with E-state index >= 15 is 0 Å². The molecule has 1 saturated heterocycles. The molecule has 1 aromatic heterocycles. The van der Waals surface area contributed by atoms with Crippen LogP contribution in [0, 0.1) is 0 Å². The number of anilines is 3. The Hall–Kier alpha value is -1.52. The Balaban J connectivity index is 2.17. The summed E-state index contributed by atoms with van der Waals surface area (Å²) in [6.07, 6.45) is 5.11. The van der Waals surface area contributed by atoms with E-state index in [9.17, 15) is 0 Å². The van der Waals surface area contributed by atoms with Crippen LogP contribution >= 0.6 is 0 Å². The predicted octanol–water partition coefficient (Wildman–Crippen LogP) is 1.87. The smallest absolute Gasteiger partial charge is 0.223 e. The fourth-order valence-electron chi connectivity index (χ4n) is 2.19. The van der Waals surface area contributed by atoms with Gasteiger partial charge in [-0.25, -0.2) is 0 Å². The molecule has 0 radical (unpaired) electrons. The van der Waals surface area contributed by atoms with Gasteiger partial charge in [-0.1, -0.05) is 12.8 Å². The fraction of sp³-hybridized carbons (Fsp3) is 0.667. The van der Waals surface area contributed by atoms with Crippen molar-refractivity contribution in [1.82, 2.24) is 9.97 Å². The monoisotopic (exact) mass is 235 g/mol. The van der Waals surface area contributed by atoms with E-state index in [2.05, 4.69) is 20.2 Å². The van der Waals surface area contributed by atoms with Crippen molar-refractivity contribution in [2.75, 3.05) is 35.6 Å². The summed E-state index contributed by atoms with van der Waals surface area (Å²) in [4.78, 5) is 10.8. The summed E-state index contributed by atoms with van der Waals surface area (Å²) >= 11 is 0. The van der Waals surface area contributed by atoms with E-state index in [1.54, 1.807) is 0 Å². The molecule has 0 aliphatic carbocycles. The molecule has 0 spiro atoms. The zero-order valence-corrected chi connectivity index (χ0v) is 10.4. The number of nitrogens with zero attached hydrogens (tertiary/aromatic N) is 3. The maximum Gasteiger partial charge on any atom is 0.223 e. The molecule has 5 heteroatoms. The lowest BCUT2D eigenvalue weighted by Crippen LogP contribution is -2.25. The maximum absolute atomic E-state index is 5.75. The predicted molar refractivity (Wildman–Crippen MR) is 71.3 cm³/mol. The van der Waals surface area contributed by atoms with Gasteiger partial charge in [0.25, 0.3) is 0 Å². The molecule has 5 nitrogen and oxygen atoms in total. The largest absolute Gasteiger partial charge is 0.370 e. The molecule has 0 aromatic carbocycles. The molecule has 0 bridgehead atoms. The average molecular weight is 235 g/mol. The van der Waals surface area contributed by atoms with Crippen molar-refractivity contribution in [3.8, 4) is 0 Å². The van der Waals surface area contributed by atoms with Gasteiger partial charge in [0.2, 0.25) is 5.95 Å². The Morgan fingerprint density at radius 2 is 1.94 bits per heavy atom. The zero-order valence-electron chi connectivity index (χ0n) is 10.4. The first-order valence-electron chi connectivity index (χ1n) is 6.43. The lowest BCUT2D eigenvalue weighted by molar-refractivity contribution is 0.726. The highest BCUT2D eigenvalue weighted by atomic mass is 15.2. The van der Waals surface area contributed by atoms with Gasteiger partial charge in [-0.3, -0.25) is 0 Å². The van der Waals surface area contributed by atoms with E-state index in [1.807, 2.05) is 13.0 Å². The van der Waals surface area contributed by atoms with Crippen LogP contribution in [0.1, 0.15) is 32.6 Å². The van der Waals surface area contributed by atoms with Crippen molar-refractivity contribution < 1.29 is 0 Å². The Morgan fingerprint density at radius 1 is 1.24 bits per heavy atom. The van der Waals surface area contributed by atoms with Crippen molar-refractivity contribution in [3.05, 3.63) is 6.07 Å². The lowest BCUT2D eigenvalue weighted by atomic mass is 10.2. The third kappa shape index (κ3) is 3.22. The van der Waals surface area contributed by atoms with E-state index in [4.69, 9.17) is 5.73 Å². The van der Waals surface area contributed by atoms with E-state index in [0.717, 1.165) is 31.3 Å². The number of hydrogen-bond donors (Lipinski definition) is 2. The van der Waals surface area contributed by atoms with E-state index in [1.165, 1.54) is 25.7 Å². The van der Waals surface area contributed by atoms with Crippen LogP contribution in [0.15, 0.2) is 6.07 Å². The van der Waals surface area contributed by atoms with Gasteiger partial charge in [-0.05, 0) is 19.8 Å². The Labute approximate surface area is 102 Å². The first-order valence-corrected chi connectivity index (χ1v) is 6.43. The van der Waals surface area contributed by atoms with Gasteiger partial charge in [-0.2, -0.15) is 9.97 Å². The van der Waals surface area contributed by atoms with Crippen LogP contribution in [0.4, 0.5) is 17.6 Å². The zero-order chi connectivity index (χ0) is 12.1. The highest BCUT2D eigenvalue weighted by Gasteiger charge is 2.12. The molecule has 2 rings (SSSR count). The molecule has 1 aromatic rings. The minimum absolute atomic E-state index is 0.350. The van der Waals surface area contributed by atoms with Gasteiger partial charge in [0.1, 0.15) is 11.6 Å². The highest BCUT2D eigenvalue weighted by molar-refractivity contribution is 5.52. The van der Waals surface area contributed by atoms with E-state index in [-0.39, 0.29) is 0 Å². The van der Waals surface area contributed by atoms with Gasteiger partial charge < -0.3 is 16.0 Å². The van der Waals surface area contributed by atoms with Crippen LogP contribution in [0.2, 0.25) is 0 Å². The molecule has 1 aliphatic rings. The van der Waals surface area contributed by atoms with Gasteiger partial charge in [0.15, 0.2) is 0 Å². The second-order valence-corrected chi connectivity index (χ2v) is 4.40. The quantitative estimate of drug-likeness (QED) is 0.837. The van der Waals surface area contributed by atoms with E-state index in [0.29, 0.717) is 5.95 Å². The molecule has 0 atom stereocenters. The van der Waals surface area contributed by atoms with Crippen molar-refractivity contribution in [2.45, 2.75) is 32.6 Å². The molecule has 3 N–H and O–H groups in total. The summed E-state index contributed by atoms with van der Waals surface area (Å²) in [5.74, 6) is 2.12. The molecule has 0 unspecified atom stereocenters. The Bertz CT molecular complexity index is 358. The lowest BCUT2D eigenvalue weighted by Gasteiger charge is -2.22. The molecular formula is C12H21N5. The Kier molecular flexibility index (Phi) is 4.01. The summed E-state index contributed by atoms with van der Waals surface area (Å²) in [6, 6.07) is 1.99. The van der Waals surface area contributed by atoms with Crippen molar-refractivity contribution in [1.29, 1.82) is 0 Å². The van der Waals surface area contributed by atoms with Crippen molar-refractivity contribution in [3.63, 3.8) is 0 Å². The van der Waals surface area contributed by atoms with Crippen LogP contribution in [0.3, 0.4) is 0 Å². The SMILES string of the molecule is CCNc1cc(N2CCCCCC2)nc(N)n1. The van der Waals surface area contributed by atoms with Crippen LogP contribution in [0.25, 0.3) is 0 Å². The first-order chi connectivity index (χ1) is 8.29. The maximum atomic E-state index is 5.75.